The molecule has 5 rings (SSSR count). The summed E-state index contributed by atoms with van der Waals surface area (Å²) in [5.41, 5.74) is 2.74. The maximum atomic E-state index is 13.5. The van der Waals surface area contributed by atoms with E-state index in [1.54, 1.807) is 42.5 Å². The van der Waals surface area contributed by atoms with Crippen molar-refractivity contribution in [3.63, 3.8) is 0 Å². The van der Waals surface area contributed by atoms with Gasteiger partial charge in [-0.2, -0.15) is 0 Å². The van der Waals surface area contributed by atoms with Crippen LogP contribution in [0.3, 0.4) is 0 Å². The molecule has 1 atom stereocenters. The summed E-state index contributed by atoms with van der Waals surface area (Å²) in [6.07, 6.45) is 0. The van der Waals surface area contributed by atoms with Crippen LogP contribution in [0.1, 0.15) is 24.1 Å². The topological polar surface area (TPSA) is 108 Å². The number of fused-ring (bicyclic) bond motifs is 1. The third kappa shape index (κ3) is 4.54. The number of hydrogen-bond acceptors (Lipinski definition) is 7. The first-order valence-electron chi connectivity index (χ1n) is 12.1. The Hall–Kier alpha value is -4.79. The van der Waals surface area contributed by atoms with Gasteiger partial charge < -0.3 is 24.8 Å². The second-order valence-electron chi connectivity index (χ2n) is 9.25. The average Bonchev–Trinajstić information content (AvgIpc) is 3.18. The van der Waals surface area contributed by atoms with E-state index in [4.69, 9.17) is 9.47 Å². The molecule has 2 N–H and O–H groups in total. The summed E-state index contributed by atoms with van der Waals surface area (Å²) >= 11 is 0. The van der Waals surface area contributed by atoms with Crippen molar-refractivity contribution >= 4 is 40.4 Å². The molecule has 0 saturated carbocycles. The Bertz CT molecular complexity index is 1460. The lowest BCUT2D eigenvalue weighted by Gasteiger charge is -2.26. The van der Waals surface area contributed by atoms with E-state index in [1.807, 2.05) is 43.3 Å². The highest BCUT2D eigenvalue weighted by atomic mass is 16.6. The monoisotopic (exact) mass is 513 g/mol. The molecule has 0 radical (unpaired) electrons. The second-order valence-corrected chi connectivity index (χ2v) is 9.25. The fraction of sp³-hybridized carbons (Fsp3) is 0.207. The van der Waals surface area contributed by atoms with Crippen molar-refractivity contribution in [3.05, 3.63) is 83.4 Å². The number of Topliss-reactive ketones (excluding diaryl/α,β-unsaturated/α-hetero) is 1. The van der Waals surface area contributed by atoms with E-state index in [2.05, 4.69) is 5.32 Å². The van der Waals surface area contributed by atoms with Gasteiger partial charge in [-0.25, -0.2) is 0 Å². The first-order valence-corrected chi connectivity index (χ1v) is 12.1. The molecule has 9 nitrogen and oxygen atoms in total. The third-order valence-corrected chi connectivity index (χ3v) is 6.43. The van der Waals surface area contributed by atoms with Gasteiger partial charge in [-0.15, -0.1) is 0 Å². The maximum Gasteiger partial charge on any atom is 0.300 e. The zero-order chi connectivity index (χ0) is 27.0. The number of ketones is 1. The molecule has 2 aliphatic heterocycles. The van der Waals surface area contributed by atoms with E-state index in [0.717, 1.165) is 5.69 Å². The fourth-order valence-corrected chi connectivity index (χ4v) is 4.65. The number of ether oxygens (including phenoxy) is 2. The van der Waals surface area contributed by atoms with Crippen molar-refractivity contribution in [2.45, 2.75) is 13.0 Å². The number of nitrogens with one attached hydrogen (secondary N) is 1. The van der Waals surface area contributed by atoms with E-state index in [1.165, 1.54) is 11.8 Å². The Morgan fingerprint density at radius 3 is 2.37 bits per heavy atom. The zero-order valence-corrected chi connectivity index (χ0v) is 21.2. The zero-order valence-electron chi connectivity index (χ0n) is 21.2. The standard InChI is InChI=1S/C29H27N3O6/c1-17(33)30-20-5-4-6-22(16-20)32-26(18-7-10-21(11-8-18)31(2)3)25(28(35)29(32)36)27(34)19-9-12-23-24(15-19)38-14-13-37-23/h4-12,15-16,26,34H,13-14H2,1-3H3,(H,30,33)/b27-25-. The number of carbonyl (C=O) groups excluding carboxylic acids is 3. The van der Waals surface area contributed by atoms with Gasteiger partial charge in [0.25, 0.3) is 11.7 Å². The van der Waals surface area contributed by atoms with E-state index in [9.17, 15) is 19.5 Å². The number of anilines is 3. The number of hydrogen-bond donors (Lipinski definition) is 2. The summed E-state index contributed by atoms with van der Waals surface area (Å²) < 4.78 is 11.2. The van der Waals surface area contributed by atoms with Crippen LogP contribution in [0.25, 0.3) is 5.76 Å². The molecule has 1 unspecified atom stereocenters. The van der Waals surface area contributed by atoms with E-state index < -0.39 is 17.7 Å². The van der Waals surface area contributed by atoms with E-state index >= 15 is 0 Å². The first-order chi connectivity index (χ1) is 18.2. The first kappa shape index (κ1) is 24.9. The summed E-state index contributed by atoms with van der Waals surface area (Å²) in [5, 5.41) is 14.1. The van der Waals surface area contributed by atoms with Crippen LogP contribution in [0.5, 0.6) is 11.5 Å². The number of rotatable bonds is 5. The summed E-state index contributed by atoms with van der Waals surface area (Å²) in [4.78, 5) is 41.9. The molecule has 194 valence electrons. The lowest BCUT2D eigenvalue weighted by atomic mass is 9.94. The minimum absolute atomic E-state index is 0.0470. The minimum atomic E-state index is -0.910. The lowest BCUT2D eigenvalue weighted by molar-refractivity contribution is -0.132. The van der Waals surface area contributed by atoms with E-state index in [0.29, 0.717) is 47.2 Å². The number of carbonyl (C=O) groups is 3. The molecule has 2 heterocycles. The van der Waals surface area contributed by atoms with E-state index in [-0.39, 0.29) is 17.2 Å². The highest BCUT2D eigenvalue weighted by molar-refractivity contribution is 6.51. The SMILES string of the molecule is CC(=O)Nc1cccc(N2C(=O)C(=O)/C(=C(\O)c3ccc4c(c3)OCCO4)C2c2ccc(N(C)C)cc2)c1. The average molecular weight is 514 g/mol. The summed E-state index contributed by atoms with van der Waals surface area (Å²) in [6.45, 7) is 2.17. The highest BCUT2D eigenvalue weighted by Crippen LogP contribution is 2.44. The van der Waals surface area contributed by atoms with Gasteiger partial charge in [0.1, 0.15) is 19.0 Å². The molecule has 38 heavy (non-hydrogen) atoms. The molecule has 3 aromatic carbocycles. The highest BCUT2D eigenvalue weighted by Gasteiger charge is 2.47. The van der Waals surface area contributed by atoms with Gasteiger partial charge in [0.2, 0.25) is 5.91 Å². The lowest BCUT2D eigenvalue weighted by Crippen LogP contribution is -2.29. The van der Waals surface area contributed by atoms with Crippen molar-refractivity contribution in [1.29, 1.82) is 0 Å². The summed E-state index contributed by atoms with van der Waals surface area (Å²) in [7, 11) is 3.83. The molecule has 3 aromatic rings. The molecule has 9 heteroatoms. The van der Waals surface area contributed by atoms with Crippen LogP contribution >= 0.6 is 0 Å². The van der Waals surface area contributed by atoms with Crippen LogP contribution in [0, 0.1) is 0 Å². The van der Waals surface area contributed by atoms with Gasteiger partial charge >= 0.3 is 0 Å². The van der Waals surface area contributed by atoms with Crippen molar-refractivity contribution in [3.8, 4) is 11.5 Å². The number of benzene rings is 3. The number of nitrogens with zero attached hydrogens (tertiary/aromatic N) is 2. The molecular formula is C29H27N3O6. The van der Waals surface area contributed by atoms with Crippen LogP contribution in [-0.2, 0) is 14.4 Å². The second kappa shape index (κ2) is 9.93. The van der Waals surface area contributed by atoms with Crippen molar-refractivity contribution < 1.29 is 29.0 Å². The van der Waals surface area contributed by atoms with Crippen LogP contribution in [-0.4, -0.2) is 50.0 Å². The Balaban J connectivity index is 1.67. The predicted octanol–water partition coefficient (Wildman–Crippen LogP) is 4.11. The van der Waals surface area contributed by atoms with Crippen molar-refractivity contribution in [1.82, 2.24) is 0 Å². The van der Waals surface area contributed by atoms with Gasteiger partial charge in [-0.3, -0.25) is 19.3 Å². The predicted molar refractivity (Wildman–Crippen MR) is 144 cm³/mol. The molecule has 0 bridgehead atoms. The molecular weight excluding hydrogens is 486 g/mol. The quantitative estimate of drug-likeness (QED) is 0.300. The number of amides is 2. The van der Waals surface area contributed by atoms with Crippen molar-refractivity contribution in [2.24, 2.45) is 0 Å². The Kier molecular flexibility index (Phi) is 6.50. The fourth-order valence-electron chi connectivity index (χ4n) is 4.65. The summed E-state index contributed by atoms with van der Waals surface area (Å²) in [5.74, 6) is -1.20. The molecule has 1 fully saturated rings. The Labute approximate surface area is 219 Å². The maximum absolute atomic E-state index is 13.5. The molecule has 2 amide bonds. The minimum Gasteiger partial charge on any atom is -0.507 e. The van der Waals surface area contributed by atoms with Crippen LogP contribution in [0.15, 0.2) is 72.3 Å². The van der Waals surface area contributed by atoms with Crippen LogP contribution < -0.4 is 24.6 Å². The molecule has 0 aliphatic carbocycles. The van der Waals surface area contributed by atoms with Crippen LogP contribution in [0.2, 0.25) is 0 Å². The summed E-state index contributed by atoms with van der Waals surface area (Å²) in [6, 6.07) is 18.1. The number of aliphatic hydroxyl groups excluding tert-OH is 1. The molecule has 2 aliphatic rings. The molecule has 0 aromatic heterocycles. The third-order valence-electron chi connectivity index (χ3n) is 6.43. The van der Waals surface area contributed by atoms with Gasteiger partial charge in [0.05, 0.1) is 11.6 Å². The van der Waals surface area contributed by atoms with Crippen LogP contribution in [0.4, 0.5) is 17.1 Å². The Morgan fingerprint density at radius 1 is 0.974 bits per heavy atom. The van der Waals surface area contributed by atoms with Crippen molar-refractivity contribution in [2.75, 3.05) is 42.4 Å². The molecule has 0 spiro atoms. The normalized spacial score (nSPS) is 17.9. The van der Waals surface area contributed by atoms with Gasteiger partial charge in [0.15, 0.2) is 11.5 Å². The Morgan fingerprint density at radius 2 is 1.68 bits per heavy atom. The largest absolute Gasteiger partial charge is 0.507 e. The number of aliphatic hydroxyl groups is 1. The smallest absolute Gasteiger partial charge is 0.300 e. The molecule has 1 saturated heterocycles. The van der Waals surface area contributed by atoms with Gasteiger partial charge in [0, 0.05) is 43.6 Å². The van der Waals surface area contributed by atoms with Gasteiger partial charge in [-0.05, 0) is 54.1 Å². The van der Waals surface area contributed by atoms with Gasteiger partial charge in [-0.1, -0.05) is 18.2 Å².